The van der Waals surface area contributed by atoms with Crippen molar-refractivity contribution in [2.24, 2.45) is 0 Å². The molecule has 68 valence electrons. The first kappa shape index (κ1) is 8.27. The van der Waals surface area contributed by atoms with E-state index in [2.05, 4.69) is 29.1 Å². The fraction of sp³-hybridized carbons (Fsp3) is 0.800. The molecule has 12 heavy (non-hydrogen) atoms. The first-order valence-electron chi connectivity index (χ1n) is 5.04. The Morgan fingerprint density at radius 3 is 2.58 bits per heavy atom. The van der Waals surface area contributed by atoms with Crippen LogP contribution in [0.15, 0.2) is 12.2 Å². The summed E-state index contributed by atoms with van der Waals surface area (Å²) in [6.45, 7) is 5.87. The van der Waals surface area contributed by atoms with Gasteiger partial charge >= 0.3 is 0 Å². The van der Waals surface area contributed by atoms with Gasteiger partial charge in [-0.1, -0.05) is 18.6 Å². The van der Waals surface area contributed by atoms with Crippen molar-refractivity contribution in [2.45, 2.75) is 32.2 Å². The topological polar surface area (TPSA) is 6.48 Å². The van der Waals surface area contributed by atoms with Gasteiger partial charge in [-0.05, 0) is 19.8 Å². The average Bonchev–Trinajstić information content (AvgIpc) is 2.57. The molecular weight excluding hydrogens is 148 g/mol. The number of nitrogens with zero attached hydrogens (tertiary/aromatic N) is 2. The van der Waals surface area contributed by atoms with Gasteiger partial charge in [0.15, 0.2) is 0 Å². The fourth-order valence-electron chi connectivity index (χ4n) is 2.18. The van der Waals surface area contributed by atoms with E-state index in [4.69, 9.17) is 0 Å². The molecule has 0 N–H and O–H groups in total. The molecule has 2 heterocycles. The quantitative estimate of drug-likeness (QED) is 0.546. The largest absolute Gasteiger partial charge is 0.238 e. The lowest BCUT2D eigenvalue weighted by Crippen LogP contribution is -2.48. The molecular formula is C10H18N2. The third-order valence-electron chi connectivity index (χ3n) is 2.93. The smallest absolute Gasteiger partial charge is 0.0318 e. The minimum atomic E-state index is 0.763. The van der Waals surface area contributed by atoms with Crippen LogP contribution in [0.2, 0.25) is 0 Å². The van der Waals surface area contributed by atoms with Crippen molar-refractivity contribution in [1.29, 1.82) is 0 Å². The molecule has 1 fully saturated rings. The van der Waals surface area contributed by atoms with Gasteiger partial charge in [0.05, 0.1) is 0 Å². The third-order valence-corrected chi connectivity index (χ3v) is 2.93. The molecule has 0 bridgehead atoms. The zero-order valence-electron chi connectivity index (χ0n) is 7.87. The summed E-state index contributed by atoms with van der Waals surface area (Å²) in [5.74, 6) is 0. The highest BCUT2D eigenvalue weighted by molar-refractivity contribution is 4.95. The maximum Gasteiger partial charge on any atom is 0.0318 e. The minimum absolute atomic E-state index is 0.763. The summed E-state index contributed by atoms with van der Waals surface area (Å²) >= 11 is 0. The molecule has 2 rings (SSSR count). The predicted molar refractivity (Wildman–Crippen MR) is 50.7 cm³/mol. The molecule has 0 saturated carbocycles. The van der Waals surface area contributed by atoms with E-state index in [1.165, 1.54) is 25.8 Å². The Hall–Kier alpha value is -0.340. The normalized spacial score (nSPS) is 32.9. The van der Waals surface area contributed by atoms with Crippen LogP contribution in [0.5, 0.6) is 0 Å². The summed E-state index contributed by atoms with van der Waals surface area (Å²) in [7, 11) is 0. The van der Waals surface area contributed by atoms with Gasteiger partial charge in [-0.15, -0.1) is 0 Å². The molecule has 0 radical (unpaired) electrons. The van der Waals surface area contributed by atoms with E-state index in [0.717, 1.165) is 19.1 Å². The summed E-state index contributed by atoms with van der Waals surface area (Å²) in [5.41, 5.74) is 0. The summed E-state index contributed by atoms with van der Waals surface area (Å²) < 4.78 is 0. The molecule has 0 aromatic rings. The zero-order chi connectivity index (χ0) is 8.39. The molecule has 0 unspecified atom stereocenters. The predicted octanol–water partition coefficient (Wildman–Crippen LogP) is 1.65. The monoisotopic (exact) mass is 166 g/mol. The van der Waals surface area contributed by atoms with Gasteiger partial charge in [0.1, 0.15) is 0 Å². The molecule has 0 spiro atoms. The van der Waals surface area contributed by atoms with Crippen molar-refractivity contribution in [3.05, 3.63) is 12.2 Å². The Labute approximate surface area is 74.8 Å². The summed E-state index contributed by atoms with van der Waals surface area (Å²) in [6, 6.07) is 0.763. The molecule has 2 aliphatic heterocycles. The van der Waals surface area contributed by atoms with Crippen LogP contribution < -0.4 is 0 Å². The molecule has 0 amide bonds. The lowest BCUT2D eigenvalue weighted by Gasteiger charge is -2.39. The Morgan fingerprint density at radius 1 is 1.17 bits per heavy atom. The maximum atomic E-state index is 2.55. The van der Waals surface area contributed by atoms with Crippen LogP contribution in [0.1, 0.15) is 26.2 Å². The standard InChI is InChI=1S/C10H18N2/c1-10-6-2-3-9-12(10)11-7-4-5-8-11/h4-5,10H,2-3,6-9H2,1H3/t10-/m0/s1. The van der Waals surface area contributed by atoms with Crippen LogP contribution >= 0.6 is 0 Å². The molecule has 1 saturated heterocycles. The number of hydrogen-bond donors (Lipinski definition) is 0. The van der Waals surface area contributed by atoms with E-state index in [1.807, 2.05) is 0 Å². The summed E-state index contributed by atoms with van der Waals surface area (Å²) in [4.78, 5) is 0. The summed E-state index contributed by atoms with van der Waals surface area (Å²) in [5, 5.41) is 5.01. The molecule has 0 aliphatic carbocycles. The highest BCUT2D eigenvalue weighted by Gasteiger charge is 2.23. The van der Waals surface area contributed by atoms with E-state index < -0.39 is 0 Å². The second-order valence-corrected chi connectivity index (χ2v) is 3.85. The Morgan fingerprint density at radius 2 is 1.92 bits per heavy atom. The number of hydrogen-bond acceptors (Lipinski definition) is 2. The van der Waals surface area contributed by atoms with Gasteiger partial charge in [-0.25, -0.2) is 10.0 Å². The molecule has 2 nitrogen and oxygen atoms in total. The van der Waals surface area contributed by atoms with Crippen LogP contribution in [0, 0.1) is 0 Å². The third kappa shape index (κ3) is 1.54. The van der Waals surface area contributed by atoms with E-state index in [0.29, 0.717) is 0 Å². The zero-order valence-corrected chi connectivity index (χ0v) is 7.87. The van der Waals surface area contributed by atoms with Crippen LogP contribution in [0.25, 0.3) is 0 Å². The van der Waals surface area contributed by atoms with Crippen molar-refractivity contribution in [1.82, 2.24) is 10.0 Å². The highest BCUT2D eigenvalue weighted by atomic mass is 15.6. The average molecular weight is 166 g/mol. The maximum absolute atomic E-state index is 2.55. The first-order chi connectivity index (χ1) is 5.88. The van der Waals surface area contributed by atoms with Crippen LogP contribution in [-0.4, -0.2) is 35.7 Å². The number of rotatable bonds is 1. The Bertz CT molecular complexity index is 169. The Balaban J connectivity index is 1.92. The molecule has 0 aromatic heterocycles. The molecule has 2 heteroatoms. The van der Waals surface area contributed by atoms with Crippen LogP contribution in [0.4, 0.5) is 0 Å². The van der Waals surface area contributed by atoms with Gasteiger partial charge in [-0.3, -0.25) is 0 Å². The van der Waals surface area contributed by atoms with E-state index in [1.54, 1.807) is 0 Å². The minimum Gasteiger partial charge on any atom is -0.238 e. The summed E-state index contributed by atoms with van der Waals surface area (Å²) in [6.07, 6.45) is 8.69. The van der Waals surface area contributed by atoms with Crippen molar-refractivity contribution in [2.75, 3.05) is 19.6 Å². The first-order valence-corrected chi connectivity index (χ1v) is 5.04. The van der Waals surface area contributed by atoms with Crippen molar-refractivity contribution < 1.29 is 0 Å². The van der Waals surface area contributed by atoms with Gasteiger partial charge in [0.25, 0.3) is 0 Å². The Kier molecular flexibility index (Phi) is 2.47. The van der Waals surface area contributed by atoms with Crippen LogP contribution in [0.3, 0.4) is 0 Å². The fourth-order valence-corrected chi connectivity index (χ4v) is 2.18. The van der Waals surface area contributed by atoms with Crippen molar-refractivity contribution >= 4 is 0 Å². The lowest BCUT2D eigenvalue weighted by molar-refractivity contribution is -0.0508. The highest BCUT2D eigenvalue weighted by Crippen LogP contribution is 2.19. The second-order valence-electron chi connectivity index (χ2n) is 3.85. The van der Waals surface area contributed by atoms with E-state index in [-0.39, 0.29) is 0 Å². The van der Waals surface area contributed by atoms with Gasteiger partial charge < -0.3 is 0 Å². The van der Waals surface area contributed by atoms with Gasteiger partial charge in [0, 0.05) is 25.7 Å². The lowest BCUT2D eigenvalue weighted by atomic mass is 10.1. The van der Waals surface area contributed by atoms with Gasteiger partial charge in [0.2, 0.25) is 0 Å². The second kappa shape index (κ2) is 3.58. The van der Waals surface area contributed by atoms with Crippen LogP contribution in [-0.2, 0) is 0 Å². The molecule has 2 aliphatic rings. The SMILES string of the molecule is C[C@H]1CCCCN1N1CC=CC1. The van der Waals surface area contributed by atoms with Crippen molar-refractivity contribution in [3.8, 4) is 0 Å². The molecule has 0 aromatic carbocycles. The van der Waals surface area contributed by atoms with E-state index in [9.17, 15) is 0 Å². The van der Waals surface area contributed by atoms with Crippen molar-refractivity contribution in [3.63, 3.8) is 0 Å². The number of hydrazine groups is 1. The number of piperidine rings is 1. The van der Waals surface area contributed by atoms with Gasteiger partial charge in [-0.2, -0.15) is 0 Å². The molecule has 1 atom stereocenters. The van der Waals surface area contributed by atoms with E-state index >= 15 is 0 Å².